The quantitative estimate of drug-likeness (QED) is 0.231. The maximum Gasteiger partial charge on any atom is 0.337 e. The summed E-state index contributed by atoms with van der Waals surface area (Å²) >= 11 is 0.963. The number of hydrogen-bond acceptors (Lipinski definition) is 7. The van der Waals surface area contributed by atoms with E-state index in [1.54, 1.807) is 19.1 Å². The van der Waals surface area contributed by atoms with E-state index in [9.17, 15) is 23.2 Å². The van der Waals surface area contributed by atoms with Gasteiger partial charge in [0, 0.05) is 6.07 Å². The van der Waals surface area contributed by atoms with E-state index >= 15 is 0 Å². The van der Waals surface area contributed by atoms with Gasteiger partial charge in [0.1, 0.15) is 17.4 Å². The van der Waals surface area contributed by atoms with Crippen LogP contribution in [0.4, 0.5) is 14.5 Å². The van der Waals surface area contributed by atoms with Crippen LogP contribution < -0.4 is 10.9 Å². The SMILES string of the molecule is COC(=O)c1ccc2c(=O)n(Cc3ccco3)c(SC(C)C(=O)Nc3ccc(F)cc3F)nc2c1. The minimum Gasteiger partial charge on any atom is -0.467 e. The van der Waals surface area contributed by atoms with Crippen LogP contribution in [0.15, 0.2) is 69.2 Å². The van der Waals surface area contributed by atoms with Crippen LogP contribution in [0.2, 0.25) is 0 Å². The first-order valence-corrected chi connectivity index (χ1v) is 11.2. The molecule has 1 atom stereocenters. The molecule has 8 nitrogen and oxygen atoms in total. The number of furan rings is 1. The highest BCUT2D eigenvalue weighted by Gasteiger charge is 2.22. The van der Waals surface area contributed by atoms with Gasteiger partial charge >= 0.3 is 5.97 Å². The predicted octanol–water partition coefficient (Wildman–Crippen LogP) is 4.22. The second-order valence-corrected chi connectivity index (χ2v) is 8.77. The lowest BCUT2D eigenvalue weighted by molar-refractivity contribution is -0.115. The molecule has 180 valence electrons. The third-order valence-corrected chi connectivity index (χ3v) is 6.17. The highest BCUT2D eigenvalue weighted by molar-refractivity contribution is 8.00. The maximum atomic E-state index is 14.0. The van der Waals surface area contributed by atoms with Gasteiger partial charge in [-0.15, -0.1) is 0 Å². The number of amides is 1. The number of methoxy groups -OCH3 is 1. The van der Waals surface area contributed by atoms with Crippen LogP contribution in [0.25, 0.3) is 10.9 Å². The molecular formula is C24H19F2N3O5S. The largest absolute Gasteiger partial charge is 0.467 e. The van der Waals surface area contributed by atoms with E-state index in [-0.39, 0.29) is 33.9 Å². The maximum absolute atomic E-state index is 14.0. The third-order valence-electron chi connectivity index (χ3n) is 5.08. The first-order chi connectivity index (χ1) is 16.8. The zero-order valence-corrected chi connectivity index (χ0v) is 19.4. The fourth-order valence-electron chi connectivity index (χ4n) is 3.27. The number of nitrogens with one attached hydrogen (secondary N) is 1. The number of hydrogen-bond donors (Lipinski definition) is 1. The van der Waals surface area contributed by atoms with Crippen LogP contribution in [-0.4, -0.2) is 33.8 Å². The Morgan fingerprint density at radius 1 is 1.20 bits per heavy atom. The number of carbonyl (C=O) groups is 2. The highest BCUT2D eigenvalue weighted by atomic mass is 32.2. The van der Waals surface area contributed by atoms with Gasteiger partial charge in [0.05, 0.1) is 47.3 Å². The summed E-state index contributed by atoms with van der Waals surface area (Å²) in [6.45, 7) is 1.61. The zero-order chi connectivity index (χ0) is 25.1. The van der Waals surface area contributed by atoms with Gasteiger partial charge in [-0.05, 0) is 49.4 Å². The number of benzene rings is 2. The number of thioether (sulfide) groups is 1. The smallest absolute Gasteiger partial charge is 0.337 e. The van der Waals surface area contributed by atoms with E-state index in [1.807, 2.05) is 0 Å². The summed E-state index contributed by atoms with van der Waals surface area (Å²) in [4.78, 5) is 42.5. The zero-order valence-electron chi connectivity index (χ0n) is 18.6. The summed E-state index contributed by atoms with van der Waals surface area (Å²) in [5.74, 6) is -2.35. The van der Waals surface area contributed by atoms with E-state index in [0.29, 0.717) is 11.8 Å². The molecule has 35 heavy (non-hydrogen) atoms. The summed E-state index contributed by atoms with van der Waals surface area (Å²) in [7, 11) is 1.24. The molecule has 0 spiro atoms. The molecule has 2 heterocycles. The molecule has 0 aliphatic carbocycles. The highest BCUT2D eigenvalue weighted by Crippen LogP contribution is 2.25. The number of anilines is 1. The van der Waals surface area contributed by atoms with Crippen molar-refractivity contribution in [3.63, 3.8) is 0 Å². The minimum absolute atomic E-state index is 0.0524. The number of esters is 1. The van der Waals surface area contributed by atoms with Gasteiger partial charge in [0.25, 0.3) is 5.56 Å². The molecule has 0 saturated carbocycles. The molecule has 0 bridgehead atoms. The fraction of sp³-hybridized carbons (Fsp3) is 0.167. The van der Waals surface area contributed by atoms with Crippen LogP contribution in [0.5, 0.6) is 0 Å². The van der Waals surface area contributed by atoms with Gasteiger partial charge in [-0.3, -0.25) is 14.2 Å². The Balaban J connectivity index is 1.70. The van der Waals surface area contributed by atoms with Crippen molar-refractivity contribution in [3.05, 3.63) is 88.1 Å². The van der Waals surface area contributed by atoms with Gasteiger partial charge in [0.15, 0.2) is 5.16 Å². The molecule has 4 rings (SSSR count). The van der Waals surface area contributed by atoms with Crippen molar-refractivity contribution in [2.24, 2.45) is 0 Å². The number of ether oxygens (including phenoxy) is 1. The van der Waals surface area contributed by atoms with Crippen molar-refractivity contribution in [2.75, 3.05) is 12.4 Å². The van der Waals surface area contributed by atoms with E-state index < -0.39 is 34.3 Å². The van der Waals surface area contributed by atoms with E-state index in [4.69, 9.17) is 9.15 Å². The molecule has 2 aromatic carbocycles. The fourth-order valence-corrected chi connectivity index (χ4v) is 4.18. The lowest BCUT2D eigenvalue weighted by Gasteiger charge is -2.16. The lowest BCUT2D eigenvalue weighted by atomic mass is 10.1. The summed E-state index contributed by atoms with van der Waals surface area (Å²) in [5, 5.41) is 2.03. The molecule has 0 aliphatic heterocycles. The normalized spacial score (nSPS) is 11.9. The molecule has 2 aromatic heterocycles. The van der Waals surface area contributed by atoms with Gasteiger partial charge in [-0.2, -0.15) is 0 Å². The summed E-state index contributed by atoms with van der Waals surface area (Å²) in [5.41, 5.74) is -0.119. The second kappa shape index (κ2) is 10.1. The van der Waals surface area contributed by atoms with Gasteiger partial charge in [-0.25, -0.2) is 18.6 Å². The molecule has 0 radical (unpaired) electrons. The second-order valence-electron chi connectivity index (χ2n) is 7.46. The Morgan fingerprint density at radius 3 is 2.69 bits per heavy atom. The van der Waals surface area contributed by atoms with Gasteiger partial charge in [-0.1, -0.05) is 11.8 Å². The summed E-state index contributed by atoms with van der Waals surface area (Å²) in [6, 6.07) is 10.6. The molecule has 1 unspecified atom stereocenters. The van der Waals surface area contributed by atoms with Crippen LogP contribution in [0.3, 0.4) is 0 Å². The van der Waals surface area contributed by atoms with Crippen molar-refractivity contribution >= 4 is 40.2 Å². The first kappa shape index (κ1) is 24.1. The van der Waals surface area contributed by atoms with Gasteiger partial charge < -0.3 is 14.5 Å². The number of carbonyl (C=O) groups excluding carboxylic acids is 2. The number of fused-ring (bicyclic) bond motifs is 1. The lowest BCUT2D eigenvalue weighted by Crippen LogP contribution is -2.27. The van der Waals surface area contributed by atoms with Crippen molar-refractivity contribution in [3.8, 4) is 0 Å². The molecule has 1 N–H and O–H groups in total. The Morgan fingerprint density at radius 2 is 2.00 bits per heavy atom. The topological polar surface area (TPSA) is 103 Å². The molecule has 0 aliphatic rings. The van der Waals surface area contributed by atoms with E-state index in [0.717, 1.165) is 23.9 Å². The van der Waals surface area contributed by atoms with Gasteiger partial charge in [0.2, 0.25) is 5.91 Å². The van der Waals surface area contributed by atoms with Crippen LogP contribution in [-0.2, 0) is 16.1 Å². The monoisotopic (exact) mass is 499 g/mol. The Labute approximate surface area is 201 Å². The average molecular weight is 499 g/mol. The molecular weight excluding hydrogens is 480 g/mol. The van der Waals surface area contributed by atoms with E-state index in [2.05, 4.69) is 10.3 Å². The Kier molecular flexibility index (Phi) is 6.97. The number of aromatic nitrogens is 2. The van der Waals surface area contributed by atoms with Crippen molar-refractivity contribution in [2.45, 2.75) is 23.9 Å². The Bertz CT molecular complexity index is 1470. The number of rotatable bonds is 7. The molecule has 11 heteroatoms. The predicted molar refractivity (Wildman–Crippen MR) is 125 cm³/mol. The van der Waals surface area contributed by atoms with Crippen molar-refractivity contribution in [1.29, 1.82) is 0 Å². The summed E-state index contributed by atoms with van der Waals surface area (Å²) < 4.78 is 38.6. The van der Waals surface area contributed by atoms with Crippen LogP contribution >= 0.6 is 11.8 Å². The van der Waals surface area contributed by atoms with Crippen molar-refractivity contribution < 1.29 is 27.5 Å². The number of halogens is 2. The number of nitrogens with zero attached hydrogens (tertiary/aromatic N) is 2. The first-order valence-electron chi connectivity index (χ1n) is 10.3. The van der Waals surface area contributed by atoms with Crippen molar-refractivity contribution in [1.82, 2.24) is 9.55 Å². The molecule has 1 amide bonds. The standard InChI is InChI=1S/C24H19F2N3O5S/c1-13(21(30)27-19-8-6-15(25)11-18(19)26)35-24-28-20-10-14(23(32)33-2)5-7-17(20)22(31)29(24)12-16-4-3-9-34-16/h3-11,13H,12H2,1-2H3,(H,27,30). The van der Waals surface area contributed by atoms with Crippen LogP contribution in [0.1, 0.15) is 23.0 Å². The molecule has 4 aromatic rings. The minimum atomic E-state index is -0.913. The average Bonchev–Trinajstić information content (AvgIpc) is 3.35. The molecule has 0 fully saturated rings. The molecule has 0 saturated heterocycles. The Hall–Kier alpha value is -3.99. The van der Waals surface area contributed by atoms with E-state index in [1.165, 1.54) is 36.1 Å². The van der Waals surface area contributed by atoms with Crippen LogP contribution in [0, 0.1) is 11.6 Å². The third kappa shape index (κ3) is 5.24. The summed E-state index contributed by atoms with van der Waals surface area (Å²) in [6.07, 6.45) is 1.47.